The number of hydrogen-bond donors (Lipinski definition) is 2. The maximum absolute atomic E-state index is 13.7. The molecule has 0 bridgehead atoms. The van der Waals surface area contributed by atoms with Crippen LogP contribution in [0.5, 0.6) is 0 Å². The van der Waals surface area contributed by atoms with Gasteiger partial charge in [-0.2, -0.15) is 4.39 Å². The van der Waals surface area contributed by atoms with Crippen molar-refractivity contribution in [1.29, 1.82) is 0 Å². The number of nitro benzene ring substituents is 1. The van der Waals surface area contributed by atoms with E-state index >= 15 is 0 Å². The van der Waals surface area contributed by atoms with Crippen LogP contribution in [0, 0.1) is 27.7 Å². The number of carbonyl (C=O) groups excluding carboxylic acids is 1. The van der Waals surface area contributed by atoms with Crippen LogP contribution in [-0.4, -0.2) is 28.6 Å². The first-order valence-corrected chi connectivity index (χ1v) is 5.98. The molecule has 0 aromatic heterocycles. The summed E-state index contributed by atoms with van der Waals surface area (Å²) in [5.74, 6) is -3.62. The van der Waals surface area contributed by atoms with E-state index in [0.29, 0.717) is 25.0 Å². The lowest BCUT2D eigenvalue weighted by molar-refractivity contribution is -0.387. The Morgan fingerprint density at radius 3 is 2.65 bits per heavy atom. The number of aliphatic hydroxyl groups excluding tert-OH is 1. The zero-order valence-corrected chi connectivity index (χ0v) is 10.3. The predicted octanol–water partition coefficient (Wildman–Crippen LogP) is 1.37. The highest BCUT2D eigenvalue weighted by molar-refractivity contribution is 5.95. The van der Waals surface area contributed by atoms with Gasteiger partial charge in [0.2, 0.25) is 5.82 Å². The lowest BCUT2D eigenvalue weighted by Gasteiger charge is -2.31. The molecule has 1 aliphatic carbocycles. The Bertz CT molecular complexity index is 559. The smallest absolute Gasteiger partial charge is 0.305 e. The monoisotopic (exact) mass is 286 g/mol. The van der Waals surface area contributed by atoms with Crippen LogP contribution < -0.4 is 5.32 Å². The van der Waals surface area contributed by atoms with Crippen molar-refractivity contribution in [1.82, 2.24) is 5.32 Å². The molecule has 1 aromatic carbocycles. The van der Waals surface area contributed by atoms with Crippen molar-refractivity contribution in [2.45, 2.75) is 18.9 Å². The summed E-state index contributed by atoms with van der Waals surface area (Å²) >= 11 is 0. The molecule has 0 heterocycles. The Kier molecular flexibility index (Phi) is 3.93. The van der Waals surface area contributed by atoms with Gasteiger partial charge in [0.25, 0.3) is 5.91 Å². The zero-order valence-electron chi connectivity index (χ0n) is 10.3. The Balaban J connectivity index is 2.12. The van der Waals surface area contributed by atoms with E-state index in [4.69, 9.17) is 5.11 Å². The minimum absolute atomic E-state index is 0.0544. The summed E-state index contributed by atoms with van der Waals surface area (Å²) < 4.78 is 27.2. The maximum Gasteiger partial charge on any atom is 0.305 e. The van der Waals surface area contributed by atoms with Gasteiger partial charge < -0.3 is 10.4 Å². The van der Waals surface area contributed by atoms with Crippen LogP contribution in [0.1, 0.15) is 23.2 Å². The van der Waals surface area contributed by atoms with Crippen molar-refractivity contribution in [3.05, 3.63) is 39.4 Å². The maximum atomic E-state index is 13.7. The van der Waals surface area contributed by atoms with Gasteiger partial charge in [-0.3, -0.25) is 14.9 Å². The number of rotatable bonds is 4. The molecule has 0 saturated heterocycles. The normalized spacial score (nSPS) is 21.1. The third-order valence-electron chi connectivity index (χ3n) is 3.26. The third kappa shape index (κ3) is 2.74. The SMILES string of the molecule is O=C(NCC1CC(O)C1)c1c(F)ccc([N+](=O)[O-])c1F. The first-order chi connectivity index (χ1) is 9.40. The van der Waals surface area contributed by atoms with Crippen molar-refractivity contribution in [3.63, 3.8) is 0 Å². The molecule has 2 rings (SSSR count). The van der Waals surface area contributed by atoms with E-state index < -0.39 is 39.8 Å². The topological polar surface area (TPSA) is 92.5 Å². The van der Waals surface area contributed by atoms with Crippen LogP contribution in [0.3, 0.4) is 0 Å². The van der Waals surface area contributed by atoms with Gasteiger partial charge in [0, 0.05) is 12.6 Å². The first-order valence-electron chi connectivity index (χ1n) is 5.98. The Hall–Kier alpha value is -2.09. The molecule has 20 heavy (non-hydrogen) atoms. The molecule has 0 aliphatic heterocycles. The average Bonchev–Trinajstić information content (AvgIpc) is 2.32. The molecule has 108 valence electrons. The van der Waals surface area contributed by atoms with Gasteiger partial charge in [-0.05, 0) is 24.8 Å². The fraction of sp³-hybridized carbons (Fsp3) is 0.417. The van der Waals surface area contributed by atoms with Crippen molar-refractivity contribution in [3.8, 4) is 0 Å². The van der Waals surface area contributed by atoms with Gasteiger partial charge in [0.05, 0.1) is 11.0 Å². The quantitative estimate of drug-likeness (QED) is 0.646. The van der Waals surface area contributed by atoms with E-state index in [1.54, 1.807) is 0 Å². The lowest BCUT2D eigenvalue weighted by Crippen LogP contribution is -2.38. The molecular formula is C12H12F2N2O4. The van der Waals surface area contributed by atoms with Crippen molar-refractivity contribution >= 4 is 11.6 Å². The molecule has 1 fully saturated rings. The van der Waals surface area contributed by atoms with Crippen LogP contribution >= 0.6 is 0 Å². The molecular weight excluding hydrogens is 274 g/mol. The Morgan fingerprint density at radius 2 is 2.10 bits per heavy atom. The Morgan fingerprint density at radius 1 is 1.45 bits per heavy atom. The molecule has 0 radical (unpaired) electrons. The summed E-state index contributed by atoms with van der Waals surface area (Å²) in [7, 11) is 0. The van der Waals surface area contributed by atoms with Crippen molar-refractivity contribution in [2.75, 3.05) is 6.54 Å². The molecule has 0 spiro atoms. The van der Waals surface area contributed by atoms with Crippen molar-refractivity contribution < 1.29 is 23.6 Å². The summed E-state index contributed by atoms with van der Waals surface area (Å²) in [5.41, 5.74) is -1.91. The molecule has 1 aromatic rings. The van der Waals surface area contributed by atoms with Crippen LogP contribution in [0.25, 0.3) is 0 Å². The van der Waals surface area contributed by atoms with E-state index in [-0.39, 0.29) is 12.5 Å². The summed E-state index contributed by atoms with van der Waals surface area (Å²) in [6.07, 6.45) is 0.628. The van der Waals surface area contributed by atoms with Gasteiger partial charge >= 0.3 is 5.69 Å². The predicted molar refractivity (Wildman–Crippen MR) is 64.1 cm³/mol. The molecule has 1 amide bonds. The molecule has 0 unspecified atom stereocenters. The summed E-state index contributed by atoms with van der Waals surface area (Å²) in [6, 6.07) is 1.35. The molecule has 1 saturated carbocycles. The largest absolute Gasteiger partial charge is 0.393 e. The molecule has 0 atom stereocenters. The minimum Gasteiger partial charge on any atom is -0.393 e. The number of aliphatic hydroxyl groups is 1. The number of hydrogen-bond acceptors (Lipinski definition) is 4. The number of nitrogens with zero attached hydrogens (tertiary/aromatic N) is 1. The third-order valence-corrected chi connectivity index (χ3v) is 3.26. The van der Waals surface area contributed by atoms with E-state index in [0.717, 1.165) is 0 Å². The number of benzene rings is 1. The molecule has 2 N–H and O–H groups in total. The Labute approximate surface area is 112 Å². The number of amides is 1. The number of halogens is 2. The van der Waals surface area contributed by atoms with Crippen LogP contribution in [0.2, 0.25) is 0 Å². The summed E-state index contributed by atoms with van der Waals surface area (Å²) in [6.45, 7) is 0.164. The summed E-state index contributed by atoms with van der Waals surface area (Å²) in [5, 5.41) is 21.9. The molecule has 8 heteroatoms. The van der Waals surface area contributed by atoms with E-state index in [1.807, 2.05) is 0 Å². The highest BCUT2D eigenvalue weighted by Gasteiger charge is 2.29. The zero-order chi connectivity index (χ0) is 14.9. The second-order valence-electron chi connectivity index (χ2n) is 4.71. The standard InChI is InChI=1S/C12H12F2N2O4/c13-8-1-2-9(16(19)20)11(14)10(8)12(18)15-5-6-3-7(17)4-6/h1-2,6-7,17H,3-5H2,(H,15,18). The van der Waals surface area contributed by atoms with Crippen LogP contribution in [-0.2, 0) is 0 Å². The average molecular weight is 286 g/mol. The van der Waals surface area contributed by atoms with Crippen molar-refractivity contribution in [2.24, 2.45) is 5.92 Å². The van der Waals surface area contributed by atoms with E-state index in [1.165, 1.54) is 0 Å². The number of nitrogens with one attached hydrogen (secondary N) is 1. The molecule has 1 aliphatic rings. The number of nitro groups is 1. The minimum atomic E-state index is -1.49. The van der Waals surface area contributed by atoms with Gasteiger partial charge in [-0.25, -0.2) is 4.39 Å². The number of carbonyl (C=O) groups is 1. The lowest BCUT2D eigenvalue weighted by atomic mass is 9.82. The first kappa shape index (κ1) is 14.3. The van der Waals surface area contributed by atoms with E-state index in [9.17, 15) is 23.7 Å². The van der Waals surface area contributed by atoms with Crippen LogP contribution in [0.4, 0.5) is 14.5 Å². The fourth-order valence-electron chi connectivity index (χ4n) is 2.08. The highest BCUT2D eigenvalue weighted by atomic mass is 19.1. The van der Waals surface area contributed by atoms with Gasteiger partial charge in [0.15, 0.2) is 0 Å². The second-order valence-corrected chi connectivity index (χ2v) is 4.71. The fourth-order valence-corrected chi connectivity index (χ4v) is 2.08. The summed E-state index contributed by atoms with van der Waals surface area (Å²) in [4.78, 5) is 21.2. The van der Waals surface area contributed by atoms with Gasteiger partial charge in [0.1, 0.15) is 11.4 Å². The van der Waals surface area contributed by atoms with Gasteiger partial charge in [-0.1, -0.05) is 0 Å². The second kappa shape index (κ2) is 5.49. The molecule has 6 nitrogen and oxygen atoms in total. The van der Waals surface area contributed by atoms with Gasteiger partial charge in [-0.15, -0.1) is 0 Å². The van der Waals surface area contributed by atoms with E-state index in [2.05, 4.69) is 5.32 Å². The van der Waals surface area contributed by atoms with Crippen LogP contribution in [0.15, 0.2) is 12.1 Å². The highest BCUT2D eigenvalue weighted by Crippen LogP contribution is 2.27.